The Hall–Kier alpha value is -3.20. The number of aryl methyl sites for hydroxylation is 1. The molecule has 146 valence electrons. The second-order valence-corrected chi connectivity index (χ2v) is 6.68. The van der Waals surface area contributed by atoms with Gasteiger partial charge in [0.15, 0.2) is 12.3 Å². The van der Waals surface area contributed by atoms with Gasteiger partial charge in [0.25, 0.3) is 5.91 Å². The first-order chi connectivity index (χ1) is 13.7. The fourth-order valence-corrected chi connectivity index (χ4v) is 3.10. The minimum Gasteiger partial charge on any atom is -0.485 e. The average Bonchev–Trinajstić information content (AvgIpc) is 3.37. The Morgan fingerprint density at radius 3 is 2.93 bits per heavy atom. The molecule has 3 aromatic rings. The lowest BCUT2D eigenvalue weighted by molar-refractivity contribution is 0.102. The highest BCUT2D eigenvalue weighted by Gasteiger charge is 2.17. The second kappa shape index (κ2) is 8.22. The average molecular weight is 382 g/mol. The highest BCUT2D eigenvalue weighted by Crippen LogP contribution is 2.18. The molecule has 0 radical (unpaired) electrons. The van der Waals surface area contributed by atoms with Crippen LogP contribution in [0.2, 0.25) is 0 Å². The predicted octanol–water partition coefficient (Wildman–Crippen LogP) is 2.33. The van der Waals surface area contributed by atoms with E-state index >= 15 is 0 Å². The number of hydrogen-bond acceptors (Lipinski definition) is 7. The van der Waals surface area contributed by atoms with Crippen LogP contribution in [0.25, 0.3) is 0 Å². The van der Waals surface area contributed by atoms with Crippen LogP contribution in [0, 0.1) is 6.92 Å². The van der Waals surface area contributed by atoms with E-state index in [0.29, 0.717) is 34.9 Å². The highest BCUT2D eigenvalue weighted by molar-refractivity contribution is 6.02. The first-order valence-corrected chi connectivity index (χ1v) is 9.26. The van der Waals surface area contributed by atoms with Crippen molar-refractivity contribution in [3.05, 3.63) is 53.9 Å². The topological polar surface area (TPSA) is 107 Å². The Labute approximate surface area is 162 Å². The number of nitrogens with zero attached hydrogens (tertiary/aromatic N) is 4. The van der Waals surface area contributed by atoms with Crippen molar-refractivity contribution in [1.82, 2.24) is 25.2 Å². The van der Waals surface area contributed by atoms with Crippen LogP contribution >= 0.6 is 0 Å². The molecular formula is C19H22N6O3. The molecule has 28 heavy (non-hydrogen) atoms. The second-order valence-electron chi connectivity index (χ2n) is 6.68. The number of nitrogens with one attached hydrogen (secondary N) is 2. The van der Waals surface area contributed by atoms with Crippen molar-refractivity contribution < 1.29 is 14.1 Å². The van der Waals surface area contributed by atoms with Gasteiger partial charge in [0, 0.05) is 25.4 Å². The molecule has 0 spiro atoms. The lowest BCUT2D eigenvalue weighted by atomic mass is 10.1. The van der Waals surface area contributed by atoms with Gasteiger partial charge >= 0.3 is 0 Å². The zero-order valence-corrected chi connectivity index (χ0v) is 15.6. The third-order valence-electron chi connectivity index (χ3n) is 4.54. The molecule has 1 aromatic carbocycles. The molecule has 1 atom stereocenters. The standard InChI is InChI=1S/C19H22N6O3/c1-13-21-18(24-28-13)12-27-16-6-4-14(5-7-16)22-19(26)17-8-10-25(23-17)15-3-2-9-20-11-15/h4-8,10,15,20H,2-3,9,11-12H2,1H3,(H,22,26). The van der Waals surface area contributed by atoms with E-state index in [-0.39, 0.29) is 12.5 Å². The largest absolute Gasteiger partial charge is 0.485 e. The number of benzene rings is 1. The Balaban J connectivity index is 1.32. The molecular weight excluding hydrogens is 360 g/mol. The van der Waals surface area contributed by atoms with Gasteiger partial charge in [-0.3, -0.25) is 9.48 Å². The molecule has 0 bridgehead atoms. The van der Waals surface area contributed by atoms with Crippen molar-refractivity contribution in [2.24, 2.45) is 0 Å². The van der Waals surface area contributed by atoms with Crippen LogP contribution in [0.5, 0.6) is 5.75 Å². The van der Waals surface area contributed by atoms with Crippen molar-refractivity contribution in [1.29, 1.82) is 0 Å². The lowest BCUT2D eigenvalue weighted by Crippen LogP contribution is -2.32. The predicted molar refractivity (Wildman–Crippen MR) is 101 cm³/mol. The summed E-state index contributed by atoms with van der Waals surface area (Å²) in [5, 5.41) is 14.4. The van der Waals surface area contributed by atoms with Gasteiger partial charge in [0.2, 0.25) is 11.7 Å². The molecule has 1 saturated heterocycles. The molecule has 9 nitrogen and oxygen atoms in total. The number of aromatic nitrogens is 4. The van der Waals surface area contributed by atoms with Crippen molar-refractivity contribution in [3.8, 4) is 5.75 Å². The number of carbonyl (C=O) groups excluding carboxylic acids is 1. The summed E-state index contributed by atoms with van der Waals surface area (Å²) in [6, 6.07) is 9.14. The minimum atomic E-state index is -0.238. The first kappa shape index (κ1) is 18.2. The smallest absolute Gasteiger partial charge is 0.276 e. The molecule has 2 aromatic heterocycles. The van der Waals surface area contributed by atoms with Crippen LogP contribution in [-0.2, 0) is 6.61 Å². The first-order valence-electron chi connectivity index (χ1n) is 9.26. The van der Waals surface area contributed by atoms with Crippen LogP contribution in [0.1, 0.15) is 41.1 Å². The zero-order valence-electron chi connectivity index (χ0n) is 15.6. The van der Waals surface area contributed by atoms with E-state index in [9.17, 15) is 4.79 Å². The maximum atomic E-state index is 12.4. The summed E-state index contributed by atoms with van der Waals surface area (Å²) < 4.78 is 12.4. The van der Waals surface area contributed by atoms with Crippen molar-refractivity contribution in [2.75, 3.05) is 18.4 Å². The normalized spacial score (nSPS) is 16.7. The maximum Gasteiger partial charge on any atom is 0.276 e. The summed E-state index contributed by atoms with van der Waals surface area (Å²) in [5.41, 5.74) is 1.07. The van der Waals surface area contributed by atoms with Gasteiger partial charge in [-0.2, -0.15) is 10.1 Å². The zero-order chi connectivity index (χ0) is 19.3. The fourth-order valence-electron chi connectivity index (χ4n) is 3.10. The number of carbonyl (C=O) groups is 1. The summed E-state index contributed by atoms with van der Waals surface area (Å²) in [6.07, 6.45) is 4.05. The van der Waals surface area contributed by atoms with E-state index < -0.39 is 0 Å². The van der Waals surface area contributed by atoms with E-state index in [1.165, 1.54) is 0 Å². The van der Waals surface area contributed by atoms with Crippen molar-refractivity contribution in [2.45, 2.75) is 32.4 Å². The van der Waals surface area contributed by atoms with Gasteiger partial charge in [-0.05, 0) is 49.7 Å². The van der Waals surface area contributed by atoms with Crippen LogP contribution in [0.3, 0.4) is 0 Å². The van der Waals surface area contributed by atoms with Crippen LogP contribution in [0.15, 0.2) is 41.1 Å². The van der Waals surface area contributed by atoms with E-state index in [1.54, 1.807) is 37.3 Å². The van der Waals surface area contributed by atoms with Gasteiger partial charge in [0.05, 0.1) is 6.04 Å². The van der Waals surface area contributed by atoms with Crippen LogP contribution in [0.4, 0.5) is 5.69 Å². The van der Waals surface area contributed by atoms with Gasteiger partial charge < -0.3 is 19.9 Å². The van der Waals surface area contributed by atoms with Gasteiger partial charge in [-0.15, -0.1) is 0 Å². The summed E-state index contributed by atoms with van der Waals surface area (Å²) >= 11 is 0. The monoisotopic (exact) mass is 382 g/mol. The summed E-state index contributed by atoms with van der Waals surface area (Å²) in [4.78, 5) is 16.5. The Morgan fingerprint density at radius 1 is 1.36 bits per heavy atom. The van der Waals surface area contributed by atoms with E-state index in [0.717, 1.165) is 25.9 Å². The molecule has 1 unspecified atom stereocenters. The molecule has 0 aliphatic carbocycles. The lowest BCUT2D eigenvalue weighted by Gasteiger charge is -2.22. The third kappa shape index (κ3) is 4.37. The molecule has 3 heterocycles. The van der Waals surface area contributed by atoms with Gasteiger partial charge in [-0.1, -0.05) is 5.16 Å². The number of ether oxygens (including phenoxy) is 1. The van der Waals surface area contributed by atoms with Crippen LogP contribution in [-0.4, -0.2) is 38.9 Å². The number of anilines is 1. The molecule has 1 fully saturated rings. The SMILES string of the molecule is Cc1nc(COc2ccc(NC(=O)c3ccn(C4CCCNC4)n3)cc2)no1. The quantitative estimate of drug-likeness (QED) is 0.674. The van der Waals surface area contributed by atoms with Gasteiger partial charge in [0.1, 0.15) is 5.75 Å². The molecule has 4 rings (SSSR count). The molecule has 1 amide bonds. The third-order valence-corrected chi connectivity index (χ3v) is 4.54. The molecule has 9 heteroatoms. The molecule has 0 saturated carbocycles. The van der Waals surface area contributed by atoms with E-state index in [1.807, 2.05) is 10.9 Å². The van der Waals surface area contributed by atoms with Gasteiger partial charge in [-0.25, -0.2) is 0 Å². The minimum absolute atomic E-state index is 0.219. The summed E-state index contributed by atoms with van der Waals surface area (Å²) in [5.74, 6) is 1.39. The Kier molecular flexibility index (Phi) is 5.34. The molecule has 1 aliphatic rings. The number of piperidine rings is 1. The van der Waals surface area contributed by atoms with Crippen molar-refractivity contribution in [3.63, 3.8) is 0 Å². The summed E-state index contributed by atoms with van der Waals surface area (Å²) in [7, 11) is 0. The number of rotatable bonds is 6. The number of amides is 1. The van der Waals surface area contributed by atoms with E-state index in [4.69, 9.17) is 9.26 Å². The summed E-state index contributed by atoms with van der Waals surface area (Å²) in [6.45, 7) is 3.87. The number of hydrogen-bond donors (Lipinski definition) is 2. The molecule has 2 N–H and O–H groups in total. The maximum absolute atomic E-state index is 12.4. The Morgan fingerprint density at radius 2 is 2.21 bits per heavy atom. The fraction of sp³-hybridized carbons (Fsp3) is 0.368. The van der Waals surface area contributed by atoms with E-state index in [2.05, 4.69) is 25.9 Å². The van der Waals surface area contributed by atoms with Crippen molar-refractivity contribution >= 4 is 11.6 Å². The Bertz CT molecular complexity index is 927. The molecule has 1 aliphatic heterocycles. The highest BCUT2D eigenvalue weighted by atomic mass is 16.5. The van der Waals surface area contributed by atoms with Crippen LogP contribution < -0.4 is 15.4 Å².